The standard InChI is InChI=1S/C18H27N7O4/c1-12-17(14(3)26)13(2)24(20-12)6-5-16(27)23-7-10-29-15(11-23)18-19-22-25(21-18)8-9-28-4/h15H,5-11H2,1-4H3. The fourth-order valence-electron chi connectivity index (χ4n) is 3.47. The van der Waals surface area contributed by atoms with Crippen LogP contribution in [-0.4, -0.2) is 80.0 Å². The summed E-state index contributed by atoms with van der Waals surface area (Å²) in [7, 11) is 1.61. The predicted molar refractivity (Wildman–Crippen MR) is 101 cm³/mol. The maximum absolute atomic E-state index is 12.7. The maximum atomic E-state index is 12.7. The van der Waals surface area contributed by atoms with Gasteiger partial charge in [-0.15, -0.1) is 10.2 Å². The number of tetrazole rings is 1. The number of rotatable bonds is 8. The molecule has 1 unspecified atom stereocenters. The molecule has 0 aliphatic carbocycles. The second kappa shape index (κ2) is 9.23. The van der Waals surface area contributed by atoms with Gasteiger partial charge < -0.3 is 14.4 Å². The number of aryl methyl sites for hydroxylation is 2. The molecule has 0 spiro atoms. The van der Waals surface area contributed by atoms with Gasteiger partial charge in [0.1, 0.15) is 6.10 Å². The summed E-state index contributed by atoms with van der Waals surface area (Å²) in [6.45, 7) is 7.91. The molecular formula is C18H27N7O4. The van der Waals surface area contributed by atoms with E-state index in [0.717, 1.165) is 5.69 Å². The van der Waals surface area contributed by atoms with Crippen molar-refractivity contribution in [2.75, 3.05) is 33.4 Å². The van der Waals surface area contributed by atoms with Crippen molar-refractivity contribution in [3.05, 3.63) is 22.8 Å². The highest BCUT2D eigenvalue weighted by Crippen LogP contribution is 2.20. The van der Waals surface area contributed by atoms with E-state index in [1.165, 1.54) is 11.7 Å². The van der Waals surface area contributed by atoms with Crippen LogP contribution in [0.2, 0.25) is 0 Å². The van der Waals surface area contributed by atoms with Crippen LogP contribution in [0, 0.1) is 13.8 Å². The first-order valence-electron chi connectivity index (χ1n) is 9.61. The first-order chi connectivity index (χ1) is 13.9. The molecule has 11 heteroatoms. The van der Waals surface area contributed by atoms with Crippen molar-refractivity contribution in [1.82, 2.24) is 34.9 Å². The molecule has 3 rings (SSSR count). The summed E-state index contributed by atoms with van der Waals surface area (Å²) < 4.78 is 12.5. The number of aromatic nitrogens is 6. The van der Waals surface area contributed by atoms with Crippen LogP contribution < -0.4 is 0 Å². The Kier molecular flexibility index (Phi) is 6.70. The van der Waals surface area contributed by atoms with Crippen LogP contribution in [0.1, 0.15) is 47.0 Å². The highest BCUT2D eigenvalue weighted by molar-refractivity contribution is 5.96. The van der Waals surface area contributed by atoms with E-state index in [9.17, 15) is 9.59 Å². The third-order valence-corrected chi connectivity index (χ3v) is 4.94. The average molecular weight is 405 g/mol. The van der Waals surface area contributed by atoms with E-state index in [-0.39, 0.29) is 11.7 Å². The predicted octanol–water partition coefficient (Wildman–Crippen LogP) is 0.326. The Labute approximate surface area is 168 Å². The first kappa shape index (κ1) is 21.1. The highest BCUT2D eigenvalue weighted by atomic mass is 16.5. The van der Waals surface area contributed by atoms with Crippen LogP contribution in [0.25, 0.3) is 0 Å². The molecule has 158 valence electrons. The van der Waals surface area contributed by atoms with Gasteiger partial charge in [0.15, 0.2) is 5.78 Å². The number of amides is 1. The monoisotopic (exact) mass is 405 g/mol. The molecule has 1 aliphatic rings. The van der Waals surface area contributed by atoms with Crippen LogP contribution in [0.5, 0.6) is 0 Å². The molecule has 1 aliphatic heterocycles. The van der Waals surface area contributed by atoms with Crippen molar-refractivity contribution < 1.29 is 19.1 Å². The van der Waals surface area contributed by atoms with Gasteiger partial charge in [-0.2, -0.15) is 9.90 Å². The number of hydrogen-bond acceptors (Lipinski definition) is 8. The summed E-state index contributed by atoms with van der Waals surface area (Å²) in [5, 5.41) is 16.7. The van der Waals surface area contributed by atoms with Gasteiger partial charge in [0, 0.05) is 32.3 Å². The Hall–Kier alpha value is -2.66. The fourth-order valence-corrected chi connectivity index (χ4v) is 3.47. The molecular weight excluding hydrogens is 378 g/mol. The van der Waals surface area contributed by atoms with E-state index in [2.05, 4.69) is 20.5 Å². The average Bonchev–Trinajstić information content (AvgIpc) is 3.28. The van der Waals surface area contributed by atoms with Gasteiger partial charge in [0.05, 0.1) is 37.6 Å². The molecule has 2 aromatic heterocycles. The molecule has 0 aromatic carbocycles. The van der Waals surface area contributed by atoms with Crippen LogP contribution >= 0.6 is 0 Å². The zero-order chi connectivity index (χ0) is 21.0. The SMILES string of the molecule is COCCn1nnc(C2CN(C(=O)CCn3nc(C)c(C(C)=O)c3C)CCO2)n1. The van der Waals surface area contributed by atoms with Crippen molar-refractivity contribution in [3.8, 4) is 0 Å². The van der Waals surface area contributed by atoms with Crippen molar-refractivity contribution in [3.63, 3.8) is 0 Å². The Morgan fingerprint density at radius 2 is 2.03 bits per heavy atom. The number of methoxy groups -OCH3 is 1. The summed E-state index contributed by atoms with van der Waals surface area (Å²) in [6, 6.07) is 0. The van der Waals surface area contributed by atoms with Gasteiger partial charge in [0.25, 0.3) is 0 Å². The molecule has 11 nitrogen and oxygen atoms in total. The topological polar surface area (TPSA) is 117 Å². The largest absolute Gasteiger partial charge is 0.383 e. The Morgan fingerprint density at radius 1 is 1.24 bits per heavy atom. The number of Topliss-reactive ketones (excluding diaryl/α,β-unsaturated/α-hetero) is 1. The fraction of sp³-hybridized carbons (Fsp3) is 0.667. The number of carbonyl (C=O) groups is 2. The summed E-state index contributed by atoms with van der Waals surface area (Å²) in [5.74, 6) is 0.449. The number of nitrogens with zero attached hydrogens (tertiary/aromatic N) is 7. The smallest absolute Gasteiger partial charge is 0.224 e. The van der Waals surface area contributed by atoms with E-state index < -0.39 is 6.10 Å². The third kappa shape index (κ3) is 4.85. The minimum Gasteiger partial charge on any atom is -0.383 e. The quantitative estimate of drug-likeness (QED) is 0.577. The molecule has 0 radical (unpaired) electrons. The highest BCUT2D eigenvalue weighted by Gasteiger charge is 2.28. The zero-order valence-electron chi connectivity index (χ0n) is 17.3. The van der Waals surface area contributed by atoms with E-state index in [4.69, 9.17) is 9.47 Å². The minimum absolute atomic E-state index is 0.00185. The molecule has 3 heterocycles. The number of ether oxygens (including phenoxy) is 2. The van der Waals surface area contributed by atoms with Crippen molar-refractivity contribution in [2.24, 2.45) is 0 Å². The lowest BCUT2D eigenvalue weighted by Gasteiger charge is -2.31. The molecule has 1 atom stereocenters. The third-order valence-electron chi connectivity index (χ3n) is 4.94. The zero-order valence-corrected chi connectivity index (χ0v) is 17.3. The van der Waals surface area contributed by atoms with Gasteiger partial charge in [-0.1, -0.05) is 0 Å². The Balaban J connectivity index is 1.58. The molecule has 1 saturated heterocycles. The van der Waals surface area contributed by atoms with Crippen LogP contribution in [0.4, 0.5) is 0 Å². The lowest BCUT2D eigenvalue weighted by Crippen LogP contribution is -2.42. The van der Waals surface area contributed by atoms with Gasteiger partial charge in [0.2, 0.25) is 11.7 Å². The second-order valence-corrected chi connectivity index (χ2v) is 7.01. The van der Waals surface area contributed by atoms with Crippen LogP contribution in [0.3, 0.4) is 0 Å². The molecule has 1 amide bonds. The second-order valence-electron chi connectivity index (χ2n) is 7.01. The van der Waals surface area contributed by atoms with Gasteiger partial charge >= 0.3 is 0 Å². The molecule has 0 N–H and O–H groups in total. The maximum Gasteiger partial charge on any atom is 0.224 e. The molecule has 0 saturated carbocycles. The van der Waals surface area contributed by atoms with E-state index in [0.29, 0.717) is 62.9 Å². The van der Waals surface area contributed by atoms with E-state index in [1.54, 1.807) is 23.6 Å². The molecule has 29 heavy (non-hydrogen) atoms. The molecule has 1 fully saturated rings. The minimum atomic E-state index is -0.401. The molecule has 2 aromatic rings. The van der Waals surface area contributed by atoms with Gasteiger partial charge in [-0.3, -0.25) is 14.3 Å². The lowest BCUT2D eigenvalue weighted by molar-refractivity contribution is -0.139. The number of ketones is 1. The Bertz CT molecular complexity index is 876. The van der Waals surface area contributed by atoms with E-state index in [1.807, 2.05) is 6.92 Å². The lowest BCUT2D eigenvalue weighted by atomic mass is 10.1. The van der Waals surface area contributed by atoms with Crippen LogP contribution in [-0.2, 0) is 27.4 Å². The summed E-state index contributed by atoms with van der Waals surface area (Å²) in [4.78, 5) is 27.7. The number of hydrogen-bond donors (Lipinski definition) is 0. The van der Waals surface area contributed by atoms with Gasteiger partial charge in [-0.05, 0) is 26.0 Å². The Morgan fingerprint density at radius 3 is 2.72 bits per heavy atom. The molecule has 0 bridgehead atoms. The van der Waals surface area contributed by atoms with Crippen molar-refractivity contribution >= 4 is 11.7 Å². The summed E-state index contributed by atoms with van der Waals surface area (Å²) in [5.41, 5.74) is 2.11. The summed E-state index contributed by atoms with van der Waals surface area (Å²) in [6.07, 6.45) is -0.109. The van der Waals surface area contributed by atoms with Gasteiger partial charge in [-0.25, -0.2) is 0 Å². The normalized spacial score (nSPS) is 17.0. The number of carbonyl (C=O) groups excluding carboxylic acids is 2. The van der Waals surface area contributed by atoms with Crippen molar-refractivity contribution in [2.45, 2.75) is 46.4 Å². The van der Waals surface area contributed by atoms with Crippen LogP contribution in [0.15, 0.2) is 0 Å². The first-order valence-corrected chi connectivity index (χ1v) is 9.61. The van der Waals surface area contributed by atoms with E-state index >= 15 is 0 Å². The number of morpholine rings is 1. The van der Waals surface area contributed by atoms with Crippen molar-refractivity contribution in [1.29, 1.82) is 0 Å². The summed E-state index contributed by atoms with van der Waals surface area (Å²) >= 11 is 0.